The van der Waals surface area contributed by atoms with Gasteiger partial charge in [0.2, 0.25) is 0 Å². The lowest BCUT2D eigenvalue weighted by atomic mass is 10.1. The predicted octanol–water partition coefficient (Wildman–Crippen LogP) is 6.82. The molecule has 1 fully saturated rings. The van der Waals surface area contributed by atoms with E-state index in [0.29, 0.717) is 29.8 Å². The SMILES string of the molecule is Clc1ccc(C(Cn2ccnc2)OCC2CCCC(OCc3ccc(Br)cc3)O2)c(Cl)c1. The fraction of sp³-hybridized carbons (Fsp3) is 0.375. The van der Waals surface area contributed by atoms with Crippen molar-refractivity contribution in [3.63, 3.8) is 0 Å². The summed E-state index contributed by atoms with van der Waals surface area (Å²) in [7, 11) is 0. The van der Waals surface area contributed by atoms with Crippen LogP contribution < -0.4 is 0 Å². The molecule has 2 aromatic carbocycles. The Bertz CT molecular complexity index is 985. The molecule has 1 aliphatic heterocycles. The number of aromatic nitrogens is 2. The van der Waals surface area contributed by atoms with Crippen molar-refractivity contribution >= 4 is 39.1 Å². The molecule has 1 aromatic heterocycles. The second-order valence-corrected chi connectivity index (χ2v) is 9.56. The van der Waals surface area contributed by atoms with Gasteiger partial charge in [0.05, 0.1) is 32.2 Å². The number of rotatable bonds is 9. The molecule has 0 bridgehead atoms. The van der Waals surface area contributed by atoms with E-state index in [9.17, 15) is 0 Å². The van der Waals surface area contributed by atoms with Gasteiger partial charge in [-0.05, 0) is 49.1 Å². The van der Waals surface area contributed by atoms with E-state index in [0.717, 1.165) is 34.9 Å². The Hall–Kier alpha value is -1.41. The van der Waals surface area contributed by atoms with Crippen LogP contribution in [-0.4, -0.2) is 28.6 Å². The number of hydrogen-bond acceptors (Lipinski definition) is 4. The minimum Gasteiger partial charge on any atom is -0.369 e. The fourth-order valence-corrected chi connectivity index (χ4v) is 4.49. The van der Waals surface area contributed by atoms with Gasteiger partial charge in [-0.2, -0.15) is 0 Å². The van der Waals surface area contributed by atoms with E-state index in [1.165, 1.54) is 0 Å². The van der Waals surface area contributed by atoms with Gasteiger partial charge in [-0.25, -0.2) is 4.98 Å². The van der Waals surface area contributed by atoms with Gasteiger partial charge in [0.1, 0.15) is 6.10 Å². The number of benzene rings is 2. The summed E-state index contributed by atoms with van der Waals surface area (Å²) in [5.41, 5.74) is 2.01. The molecule has 3 atom stereocenters. The maximum absolute atomic E-state index is 6.47. The average molecular weight is 540 g/mol. The van der Waals surface area contributed by atoms with E-state index in [1.54, 1.807) is 18.6 Å². The van der Waals surface area contributed by atoms with Crippen molar-refractivity contribution in [3.05, 3.63) is 86.8 Å². The van der Waals surface area contributed by atoms with Crippen LogP contribution in [-0.2, 0) is 27.4 Å². The molecular formula is C24H25BrCl2N2O3. The summed E-state index contributed by atoms with van der Waals surface area (Å²) in [4.78, 5) is 4.13. The van der Waals surface area contributed by atoms with Gasteiger partial charge in [-0.3, -0.25) is 0 Å². The molecule has 5 nitrogen and oxygen atoms in total. The lowest BCUT2D eigenvalue weighted by Crippen LogP contribution is -2.33. The highest BCUT2D eigenvalue weighted by Crippen LogP contribution is 2.31. The van der Waals surface area contributed by atoms with Gasteiger partial charge < -0.3 is 18.8 Å². The molecule has 0 amide bonds. The van der Waals surface area contributed by atoms with E-state index in [-0.39, 0.29) is 18.5 Å². The Morgan fingerprint density at radius 2 is 2.00 bits per heavy atom. The maximum Gasteiger partial charge on any atom is 0.158 e. The molecule has 0 N–H and O–H groups in total. The van der Waals surface area contributed by atoms with Gasteiger partial charge in [0.15, 0.2) is 6.29 Å². The summed E-state index contributed by atoms with van der Waals surface area (Å²) in [6.07, 6.45) is 7.76. The van der Waals surface area contributed by atoms with Crippen molar-refractivity contribution in [3.8, 4) is 0 Å². The van der Waals surface area contributed by atoms with Crippen LogP contribution in [0.15, 0.2) is 65.7 Å². The molecule has 3 unspecified atom stereocenters. The largest absolute Gasteiger partial charge is 0.369 e. The van der Waals surface area contributed by atoms with Crippen molar-refractivity contribution in [2.45, 2.75) is 50.9 Å². The molecule has 1 aliphatic rings. The molecule has 0 spiro atoms. The summed E-state index contributed by atoms with van der Waals surface area (Å²) >= 11 is 16.0. The first kappa shape index (κ1) is 23.7. The molecule has 8 heteroatoms. The Labute approximate surface area is 206 Å². The van der Waals surface area contributed by atoms with Crippen LogP contribution >= 0.6 is 39.1 Å². The zero-order valence-corrected chi connectivity index (χ0v) is 20.6. The Kier molecular flexibility index (Phi) is 8.63. The molecule has 2 heterocycles. The fourth-order valence-electron chi connectivity index (χ4n) is 3.69. The van der Waals surface area contributed by atoms with Crippen LogP contribution in [0, 0.1) is 0 Å². The van der Waals surface area contributed by atoms with Crippen LogP contribution in [0.1, 0.15) is 36.5 Å². The van der Waals surface area contributed by atoms with Crippen LogP contribution in [0.5, 0.6) is 0 Å². The van der Waals surface area contributed by atoms with Crippen LogP contribution in [0.25, 0.3) is 0 Å². The van der Waals surface area contributed by atoms with E-state index < -0.39 is 0 Å². The highest BCUT2D eigenvalue weighted by molar-refractivity contribution is 9.10. The average Bonchev–Trinajstić information content (AvgIpc) is 3.30. The summed E-state index contributed by atoms with van der Waals surface area (Å²) in [6, 6.07) is 13.6. The number of nitrogens with zero attached hydrogens (tertiary/aromatic N) is 2. The number of halogens is 3. The van der Waals surface area contributed by atoms with E-state index in [2.05, 4.69) is 20.9 Å². The molecule has 4 rings (SSSR count). The van der Waals surface area contributed by atoms with E-state index >= 15 is 0 Å². The molecule has 0 saturated carbocycles. The summed E-state index contributed by atoms with van der Waals surface area (Å²) in [6.45, 7) is 1.57. The Morgan fingerprint density at radius 3 is 2.75 bits per heavy atom. The van der Waals surface area contributed by atoms with Crippen molar-refractivity contribution < 1.29 is 14.2 Å². The quantitative estimate of drug-likeness (QED) is 0.299. The monoisotopic (exact) mass is 538 g/mol. The highest BCUT2D eigenvalue weighted by Gasteiger charge is 2.25. The highest BCUT2D eigenvalue weighted by atomic mass is 79.9. The van der Waals surface area contributed by atoms with E-state index in [4.69, 9.17) is 37.4 Å². The third-order valence-corrected chi connectivity index (χ3v) is 6.48. The minimum absolute atomic E-state index is 0.0324. The van der Waals surface area contributed by atoms with Crippen molar-refractivity contribution in [1.29, 1.82) is 0 Å². The lowest BCUT2D eigenvalue weighted by molar-refractivity contribution is -0.213. The lowest BCUT2D eigenvalue weighted by Gasteiger charge is -2.31. The topological polar surface area (TPSA) is 45.5 Å². The zero-order chi connectivity index (χ0) is 22.3. The molecule has 0 radical (unpaired) electrons. The summed E-state index contributed by atoms with van der Waals surface area (Å²) in [5, 5.41) is 1.18. The predicted molar refractivity (Wildman–Crippen MR) is 129 cm³/mol. The Balaban J connectivity index is 1.34. The third-order valence-electron chi connectivity index (χ3n) is 5.39. The summed E-state index contributed by atoms with van der Waals surface area (Å²) in [5.74, 6) is 0. The molecule has 32 heavy (non-hydrogen) atoms. The summed E-state index contributed by atoms with van der Waals surface area (Å²) < 4.78 is 21.5. The van der Waals surface area contributed by atoms with Gasteiger partial charge in [0.25, 0.3) is 0 Å². The number of imidazole rings is 1. The third kappa shape index (κ3) is 6.80. The smallest absolute Gasteiger partial charge is 0.158 e. The first-order valence-electron chi connectivity index (χ1n) is 10.6. The number of hydrogen-bond donors (Lipinski definition) is 0. The molecule has 0 aliphatic carbocycles. The van der Waals surface area contributed by atoms with Gasteiger partial charge in [-0.15, -0.1) is 0 Å². The first-order valence-corrected chi connectivity index (χ1v) is 12.2. The number of ether oxygens (including phenoxy) is 3. The standard InChI is InChI=1S/C24H25BrCl2N2O3/c25-18-6-4-17(5-7-18)14-31-24-3-1-2-20(32-24)15-30-23(13-29-11-10-28-16-29)21-9-8-19(26)12-22(21)27/h4-12,16,20,23-24H,1-3,13-15H2. The molecule has 170 valence electrons. The maximum atomic E-state index is 6.47. The second-order valence-electron chi connectivity index (χ2n) is 7.80. The van der Waals surface area contributed by atoms with Crippen molar-refractivity contribution in [2.24, 2.45) is 0 Å². The van der Waals surface area contributed by atoms with Gasteiger partial charge in [0, 0.05) is 32.5 Å². The van der Waals surface area contributed by atoms with Crippen LogP contribution in [0.2, 0.25) is 10.0 Å². The zero-order valence-electron chi connectivity index (χ0n) is 17.5. The second kappa shape index (κ2) is 11.6. The molecule has 1 saturated heterocycles. The minimum atomic E-state index is -0.248. The van der Waals surface area contributed by atoms with Gasteiger partial charge >= 0.3 is 0 Å². The van der Waals surface area contributed by atoms with E-state index in [1.807, 2.05) is 47.2 Å². The molecule has 3 aromatic rings. The molecular weight excluding hydrogens is 515 g/mol. The Morgan fingerprint density at radius 1 is 1.16 bits per heavy atom. The van der Waals surface area contributed by atoms with Crippen LogP contribution in [0.3, 0.4) is 0 Å². The normalized spacial score (nSPS) is 19.7. The van der Waals surface area contributed by atoms with Crippen molar-refractivity contribution in [2.75, 3.05) is 6.61 Å². The van der Waals surface area contributed by atoms with Crippen molar-refractivity contribution in [1.82, 2.24) is 9.55 Å². The van der Waals surface area contributed by atoms with Crippen LogP contribution in [0.4, 0.5) is 0 Å². The first-order chi connectivity index (χ1) is 15.6. The van der Waals surface area contributed by atoms with Gasteiger partial charge in [-0.1, -0.05) is 57.3 Å².